The number of piperidine rings is 1. The molecule has 0 saturated carbocycles. The molecule has 0 bridgehead atoms. The van der Waals surface area contributed by atoms with Gasteiger partial charge in [-0.2, -0.15) is 17.0 Å². The summed E-state index contributed by atoms with van der Waals surface area (Å²) < 4.78 is 33.2. The number of carboxylic acid groups (broad SMARTS) is 1. The van der Waals surface area contributed by atoms with E-state index in [0.717, 1.165) is 0 Å². The third-order valence-corrected chi connectivity index (χ3v) is 7.32. The van der Waals surface area contributed by atoms with Gasteiger partial charge in [0.25, 0.3) is 10.2 Å². The van der Waals surface area contributed by atoms with E-state index in [0.29, 0.717) is 39.0 Å². The number of rotatable bonds is 4. The summed E-state index contributed by atoms with van der Waals surface area (Å²) in [7, 11) is -2.07. The Morgan fingerprint density at radius 2 is 1.91 bits per heavy atom. The molecule has 2 aliphatic heterocycles. The lowest BCUT2D eigenvalue weighted by molar-refractivity contribution is -0.153. The lowest BCUT2D eigenvalue weighted by Gasteiger charge is -2.48. The third-order valence-electron chi connectivity index (χ3n) is 5.19. The molecule has 0 aromatic carbocycles. The van der Waals surface area contributed by atoms with Gasteiger partial charge in [-0.05, 0) is 38.5 Å². The smallest absolute Gasteiger partial charge is 0.308 e. The van der Waals surface area contributed by atoms with Crippen molar-refractivity contribution in [2.75, 3.05) is 33.4 Å². The zero-order valence-corrected chi connectivity index (χ0v) is 14.3. The Kier molecular flexibility index (Phi) is 5.16. The molecule has 2 saturated heterocycles. The minimum Gasteiger partial charge on any atom is -0.481 e. The monoisotopic (exact) mass is 334 g/mol. The van der Waals surface area contributed by atoms with Gasteiger partial charge in [-0.3, -0.25) is 4.79 Å². The topological polar surface area (TPSA) is 87.2 Å². The first-order chi connectivity index (χ1) is 10.2. The fraction of sp³-hybridized carbons (Fsp3) is 0.929. The summed E-state index contributed by atoms with van der Waals surface area (Å²) in [6, 6.07) is -0.160. The maximum atomic E-state index is 12.6. The van der Waals surface area contributed by atoms with Gasteiger partial charge >= 0.3 is 5.97 Å². The molecule has 8 heteroatoms. The second kappa shape index (κ2) is 6.43. The Hall–Kier alpha value is -0.700. The number of hydrogen-bond acceptors (Lipinski definition) is 4. The number of carbonyl (C=O) groups is 1. The maximum absolute atomic E-state index is 12.6. The van der Waals surface area contributed by atoms with Crippen molar-refractivity contribution >= 4 is 16.2 Å². The molecule has 7 nitrogen and oxygen atoms in total. The largest absolute Gasteiger partial charge is 0.481 e. The molecule has 2 aliphatic rings. The molecule has 0 radical (unpaired) electrons. The number of carboxylic acids is 1. The molecule has 0 aromatic heterocycles. The van der Waals surface area contributed by atoms with Gasteiger partial charge in [0, 0.05) is 39.4 Å². The van der Waals surface area contributed by atoms with E-state index in [-0.39, 0.29) is 18.0 Å². The van der Waals surface area contributed by atoms with E-state index in [1.165, 1.54) is 15.7 Å². The second-order valence-corrected chi connectivity index (χ2v) is 8.58. The SMILES string of the molecule is CC(C)N(C)S(=O)(=O)N1CCC2(CCOCC2)C(C(=O)O)C1. The quantitative estimate of drug-likeness (QED) is 0.821. The van der Waals surface area contributed by atoms with E-state index in [1.54, 1.807) is 13.8 Å². The van der Waals surface area contributed by atoms with Crippen LogP contribution in [0.15, 0.2) is 0 Å². The van der Waals surface area contributed by atoms with Gasteiger partial charge in [-0.25, -0.2) is 0 Å². The molecular weight excluding hydrogens is 308 g/mol. The van der Waals surface area contributed by atoms with Crippen LogP contribution in [-0.4, -0.2) is 67.5 Å². The first-order valence-electron chi connectivity index (χ1n) is 7.74. The van der Waals surface area contributed by atoms with Crippen molar-refractivity contribution in [3.63, 3.8) is 0 Å². The second-order valence-electron chi connectivity index (χ2n) is 6.59. The number of hydrogen-bond donors (Lipinski definition) is 1. The van der Waals surface area contributed by atoms with Gasteiger partial charge in [0.15, 0.2) is 0 Å². The van der Waals surface area contributed by atoms with Crippen molar-refractivity contribution in [2.24, 2.45) is 11.3 Å². The van der Waals surface area contributed by atoms with Crippen molar-refractivity contribution in [2.45, 2.75) is 39.2 Å². The zero-order chi connectivity index (χ0) is 16.5. The molecule has 22 heavy (non-hydrogen) atoms. The van der Waals surface area contributed by atoms with Gasteiger partial charge in [0.2, 0.25) is 0 Å². The van der Waals surface area contributed by atoms with E-state index >= 15 is 0 Å². The minimum atomic E-state index is -3.61. The third kappa shape index (κ3) is 3.15. The van der Waals surface area contributed by atoms with Gasteiger partial charge < -0.3 is 9.84 Å². The molecule has 1 atom stereocenters. The summed E-state index contributed by atoms with van der Waals surface area (Å²) in [5.74, 6) is -1.57. The van der Waals surface area contributed by atoms with Crippen LogP contribution in [0.3, 0.4) is 0 Å². The number of nitrogens with zero attached hydrogens (tertiary/aromatic N) is 2. The number of aliphatic carboxylic acids is 1. The predicted octanol–water partition coefficient (Wildman–Crippen LogP) is 0.775. The first-order valence-corrected chi connectivity index (χ1v) is 9.14. The van der Waals surface area contributed by atoms with Crippen LogP contribution in [0.5, 0.6) is 0 Å². The minimum absolute atomic E-state index is 0.0503. The highest BCUT2D eigenvalue weighted by molar-refractivity contribution is 7.86. The van der Waals surface area contributed by atoms with Gasteiger partial charge in [0.05, 0.1) is 5.92 Å². The van der Waals surface area contributed by atoms with E-state index < -0.39 is 22.1 Å². The fourth-order valence-corrected chi connectivity index (χ4v) is 4.94. The molecule has 1 spiro atoms. The van der Waals surface area contributed by atoms with Crippen molar-refractivity contribution in [3.8, 4) is 0 Å². The summed E-state index contributed by atoms with van der Waals surface area (Å²) in [6.07, 6.45) is 1.97. The molecule has 128 valence electrons. The summed E-state index contributed by atoms with van der Waals surface area (Å²) in [5, 5.41) is 9.61. The van der Waals surface area contributed by atoms with Crippen molar-refractivity contribution in [3.05, 3.63) is 0 Å². The summed E-state index contributed by atoms with van der Waals surface area (Å²) >= 11 is 0. The molecule has 0 aliphatic carbocycles. The summed E-state index contributed by atoms with van der Waals surface area (Å²) in [6.45, 7) is 5.15. The van der Waals surface area contributed by atoms with E-state index in [4.69, 9.17) is 4.74 Å². The van der Waals surface area contributed by atoms with Crippen LogP contribution >= 0.6 is 0 Å². The standard InChI is InChI=1S/C14H26N2O5S/c1-11(2)15(3)22(19,20)16-7-4-14(5-8-21-9-6-14)12(10-16)13(17)18/h11-12H,4-10H2,1-3H3,(H,17,18). The molecule has 0 aromatic rings. The first kappa shape index (κ1) is 17.7. The molecule has 2 heterocycles. The van der Waals surface area contributed by atoms with Crippen LogP contribution in [0.2, 0.25) is 0 Å². The lowest BCUT2D eigenvalue weighted by atomic mass is 9.66. The van der Waals surface area contributed by atoms with Crippen LogP contribution in [0.1, 0.15) is 33.1 Å². The zero-order valence-electron chi connectivity index (χ0n) is 13.5. The summed E-state index contributed by atoms with van der Waals surface area (Å²) in [5.41, 5.74) is -0.327. The van der Waals surface area contributed by atoms with Gasteiger partial charge in [-0.15, -0.1) is 0 Å². The highest BCUT2D eigenvalue weighted by Gasteiger charge is 2.50. The molecule has 2 rings (SSSR count). The Bertz CT molecular complexity index is 513. The number of ether oxygens (including phenoxy) is 1. The average molecular weight is 334 g/mol. The van der Waals surface area contributed by atoms with E-state index in [1.807, 2.05) is 0 Å². The van der Waals surface area contributed by atoms with Crippen LogP contribution in [-0.2, 0) is 19.7 Å². The molecule has 2 fully saturated rings. The molecular formula is C14H26N2O5S. The molecule has 0 amide bonds. The highest BCUT2D eigenvalue weighted by Crippen LogP contribution is 2.45. The maximum Gasteiger partial charge on any atom is 0.308 e. The van der Waals surface area contributed by atoms with Crippen molar-refractivity contribution < 1.29 is 23.1 Å². The average Bonchev–Trinajstić information content (AvgIpc) is 2.47. The van der Waals surface area contributed by atoms with Crippen LogP contribution in [0.25, 0.3) is 0 Å². The van der Waals surface area contributed by atoms with E-state index in [2.05, 4.69) is 0 Å². The fourth-order valence-electron chi connectivity index (χ4n) is 3.38. The van der Waals surface area contributed by atoms with Gasteiger partial charge in [-0.1, -0.05) is 0 Å². The Morgan fingerprint density at radius 3 is 2.41 bits per heavy atom. The highest BCUT2D eigenvalue weighted by atomic mass is 32.2. The van der Waals surface area contributed by atoms with Crippen LogP contribution in [0.4, 0.5) is 0 Å². The van der Waals surface area contributed by atoms with Crippen LogP contribution < -0.4 is 0 Å². The van der Waals surface area contributed by atoms with Crippen molar-refractivity contribution in [1.82, 2.24) is 8.61 Å². The van der Waals surface area contributed by atoms with Crippen molar-refractivity contribution in [1.29, 1.82) is 0 Å². The Morgan fingerprint density at radius 1 is 1.32 bits per heavy atom. The Labute approximate surface area is 132 Å². The Balaban J connectivity index is 2.22. The summed E-state index contributed by atoms with van der Waals surface area (Å²) in [4.78, 5) is 11.7. The van der Waals surface area contributed by atoms with Crippen LogP contribution in [0, 0.1) is 11.3 Å². The molecule has 1 N–H and O–H groups in total. The lowest BCUT2D eigenvalue weighted by Crippen LogP contribution is -2.56. The normalized spacial score (nSPS) is 26.7. The predicted molar refractivity (Wildman–Crippen MR) is 81.6 cm³/mol. The van der Waals surface area contributed by atoms with E-state index in [9.17, 15) is 18.3 Å². The molecule has 1 unspecified atom stereocenters. The van der Waals surface area contributed by atoms with Gasteiger partial charge in [0.1, 0.15) is 0 Å².